The smallest absolute Gasteiger partial charge is 0.322 e. The van der Waals surface area contributed by atoms with Gasteiger partial charge in [-0.2, -0.15) is 0 Å². The lowest BCUT2D eigenvalue weighted by Gasteiger charge is -2.01. The van der Waals surface area contributed by atoms with Gasteiger partial charge >= 0.3 is 5.97 Å². The summed E-state index contributed by atoms with van der Waals surface area (Å²) in [6, 6.07) is 6.22. The van der Waals surface area contributed by atoms with Crippen molar-refractivity contribution in [2.45, 2.75) is 0 Å². The molecule has 1 rings (SSSR count). The summed E-state index contributed by atoms with van der Waals surface area (Å²) in [7, 11) is 0. The molecule has 0 amide bonds. The zero-order chi connectivity index (χ0) is 9.68. The van der Waals surface area contributed by atoms with E-state index < -0.39 is 5.97 Å². The third-order valence-electron chi connectivity index (χ3n) is 1.42. The average Bonchev–Trinajstić information content (AvgIpc) is 2.15. The van der Waals surface area contributed by atoms with Crippen LogP contribution in [0.4, 0.5) is 11.4 Å². The van der Waals surface area contributed by atoms with Crippen LogP contribution in [0, 0.1) is 4.91 Å². The van der Waals surface area contributed by atoms with Gasteiger partial charge in [-0.25, -0.2) is 0 Å². The minimum absolute atomic E-state index is 0.145. The minimum Gasteiger partial charge on any atom is -0.480 e. The molecule has 0 saturated carbocycles. The van der Waals surface area contributed by atoms with Gasteiger partial charge < -0.3 is 10.4 Å². The molecule has 0 atom stereocenters. The second kappa shape index (κ2) is 4.20. The van der Waals surface area contributed by atoms with Gasteiger partial charge in [-0.1, -0.05) is 0 Å². The molecule has 5 nitrogen and oxygen atoms in total. The fourth-order valence-corrected chi connectivity index (χ4v) is 0.818. The lowest BCUT2D eigenvalue weighted by Crippen LogP contribution is -2.11. The summed E-state index contributed by atoms with van der Waals surface area (Å²) < 4.78 is 0. The Morgan fingerprint density at radius 3 is 2.46 bits per heavy atom. The van der Waals surface area contributed by atoms with Crippen LogP contribution in [0.3, 0.4) is 0 Å². The molecule has 1 aromatic rings. The van der Waals surface area contributed by atoms with E-state index in [0.29, 0.717) is 11.4 Å². The summed E-state index contributed by atoms with van der Waals surface area (Å²) in [5, 5.41) is 13.7. The topological polar surface area (TPSA) is 78.8 Å². The largest absolute Gasteiger partial charge is 0.480 e. The van der Waals surface area contributed by atoms with E-state index in [1.807, 2.05) is 0 Å². The van der Waals surface area contributed by atoms with E-state index in [1.165, 1.54) is 12.1 Å². The van der Waals surface area contributed by atoms with Crippen molar-refractivity contribution < 1.29 is 9.90 Å². The van der Waals surface area contributed by atoms with Crippen LogP contribution >= 0.6 is 0 Å². The van der Waals surface area contributed by atoms with Crippen LogP contribution in [0.5, 0.6) is 0 Å². The van der Waals surface area contributed by atoms with Crippen molar-refractivity contribution in [3.63, 3.8) is 0 Å². The Balaban J connectivity index is 2.59. The van der Waals surface area contributed by atoms with E-state index in [4.69, 9.17) is 5.11 Å². The third kappa shape index (κ3) is 2.90. The first-order valence-electron chi connectivity index (χ1n) is 3.61. The summed E-state index contributed by atoms with van der Waals surface area (Å²) in [6.45, 7) is -0.145. The number of benzene rings is 1. The van der Waals surface area contributed by atoms with Crippen LogP contribution in [0.1, 0.15) is 0 Å². The molecule has 0 unspecified atom stereocenters. The number of nitrogens with zero attached hydrogens (tertiary/aromatic N) is 1. The summed E-state index contributed by atoms with van der Waals surface area (Å²) in [6.07, 6.45) is 0. The van der Waals surface area contributed by atoms with Crippen LogP contribution in [-0.2, 0) is 4.79 Å². The quantitative estimate of drug-likeness (QED) is 0.689. The van der Waals surface area contributed by atoms with Gasteiger partial charge in [0.2, 0.25) is 0 Å². The molecular formula is C8H8N2O3. The number of carbonyl (C=O) groups is 1. The zero-order valence-electron chi connectivity index (χ0n) is 6.73. The lowest BCUT2D eigenvalue weighted by atomic mass is 10.3. The molecular weight excluding hydrogens is 172 g/mol. The Hall–Kier alpha value is -1.91. The SMILES string of the molecule is O=Nc1ccc(NCC(=O)O)cc1. The first-order chi connectivity index (χ1) is 6.22. The highest BCUT2D eigenvalue weighted by atomic mass is 16.4. The Morgan fingerprint density at radius 1 is 1.38 bits per heavy atom. The molecule has 13 heavy (non-hydrogen) atoms. The first kappa shape index (κ1) is 9.18. The van der Waals surface area contributed by atoms with E-state index in [1.54, 1.807) is 12.1 Å². The van der Waals surface area contributed by atoms with Crippen LogP contribution in [0.15, 0.2) is 29.4 Å². The molecule has 0 spiro atoms. The molecule has 1 aromatic carbocycles. The second-order valence-corrected chi connectivity index (χ2v) is 2.39. The molecule has 0 fully saturated rings. The van der Waals surface area contributed by atoms with Crippen molar-refractivity contribution in [3.05, 3.63) is 29.2 Å². The number of hydrogen-bond acceptors (Lipinski definition) is 4. The van der Waals surface area contributed by atoms with Gasteiger partial charge in [0.25, 0.3) is 0 Å². The van der Waals surface area contributed by atoms with Crippen molar-refractivity contribution in [1.82, 2.24) is 0 Å². The number of carboxylic acids is 1. The van der Waals surface area contributed by atoms with Crippen molar-refractivity contribution in [1.29, 1.82) is 0 Å². The van der Waals surface area contributed by atoms with Crippen LogP contribution < -0.4 is 5.32 Å². The van der Waals surface area contributed by atoms with Gasteiger partial charge in [0.1, 0.15) is 12.2 Å². The predicted octanol–water partition coefficient (Wildman–Crippen LogP) is 1.58. The summed E-state index contributed by atoms with van der Waals surface area (Å²) in [5.41, 5.74) is 0.968. The van der Waals surface area contributed by atoms with Crippen LogP contribution in [0.25, 0.3) is 0 Å². The third-order valence-corrected chi connectivity index (χ3v) is 1.42. The van der Waals surface area contributed by atoms with Gasteiger partial charge in [-0.15, -0.1) is 4.91 Å². The summed E-state index contributed by atoms with van der Waals surface area (Å²) in [5.74, 6) is -0.933. The number of nitrogens with one attached hydrogen (secondary N) is 1. The molecule has 0 aliphatic rings. The molecule has 0 aliphatic carbocycles. The highest BCUT2D eigenvalue weighted by Gasteiger charge is 1.96. The predicted molar refractivity (Wildman–Crippen MR) is 48.0 cm³/mol. The van der Waals surface area contributed by atoms with Crippen molar-refractivity contribution in [2.24, 2.45) is 5.18 Å². The minimum atomic E-state index is -0.933. The molecule has 0 heterocycles. The Morgan fingerprint density at radius 2 is 2.00 bits per heavy atom. The van der Waals surface area contributed by atoms with Gasteiger partial charge in [0, 0.05) is 5.69 Å². The maximum Gasteiger partial charge on any atom is 0.322 e. The van der Waals surface area contributed by atoms with Crippen LogP contribution in [0.2, 0.25) is 0 Å². The number of carboxylic acid groups (broad SMARTS) is 1. The van der Waals surface area contributed by atoms with Gasteiger partial charge in [0.05, 0.1) is 0 Å². The fourth-order valence-electron chi connectivity index (χ4n) is 0.818. The number of rotatable bonds is 4. The van der Waals surface area contributed by atoms with Crippen molar-refractivity contribution in [2.75, 3.05) is 11.9 Å². The Kier molecular flexibility index (Phi) is 2.97. The maximum absolute atomic E-state index is 10.2. The molecule has 0 aliphatic heterocycles. The van der Waals surface area contributed by atoms with Crippen molar-refractivity contribution >= 4 is 17.3 Å². The molecule has 0 radical (unpaired) electrons. The monoisotopic (exact) mass is 180 g/mol. The van der Waals surface area contributed by atoms with Gasteiger partial charge in [-0.05, 0) is 29.4 Å². The Bertz CT molecular complexity index is 308. The normalized spacial score (nSPS) is 9.23. The number of hydrogen-bond donors (Lipinski definition) is 2. The number of nitroso groups, excluding NO2 is 1. The molecule has 0 bridgehead atoms. The highest BCUT2D eigenvalue weighted by Crippen LogP contribution is 2.15. The molecule has 2 N–H and O–H groups in total. The van der Waals surface area contributed by atoms with E-state index in [9.17, 15) is 9.70 Å². The standard InChI is InChI=1S/C8H8N2O3/c11-8(12)5-9-6-1-3-7(10-13)4-2-6/h1-4,9H,5H2,(H,11,12). The summed E-state index contributed by atoms with van der Waals surface area (Å²) >= 11 is 0. The zero-order valence-corrected chi connectivity index (χ0v) is 6.73. The average molecular weight is 180 g/mol. The van der Waals surface area contributed by atoms with E-state index >= 15 is 0 Å². The van der Waals surface area contributed by atoms with Gasteiger partial charge in [-0.3, -0.25) is 4.79 Å². The summed E-state index contributed by atoms with van der Waals surface area (Å²) in [4.78, 5) is 20.2. The molecule has 0 saturated heterocycles. The maximum atomic E-state index is 10.2. The van der Waals surface area contributed by atoms with E-state index in [-0.39, 0.29) is 6.54 Å². The molecule has 68 valence electrons. The van der Waals surface area contributed by atoms with Gasteiger partial charge in [0.15, 0.2) is 0 Å². The molecule has 5 heteroatoms. The second-order valence-electron chi connectivity index (χ2n) is 2.39. The van der Waals surface area contributed by atoms with Crippen LogP contribution in [-0.4, -0.2) is 17.6 Å². The van der Waals surface area contributed by atoms with E-state index in [0.717, 1.165) is 0 Å². The lowest BCUT2D eigenvalue weighted by molar-refractivity contribution is -0.134. The van der Waals surface area contributed by atoms with Crippen molar-refractivity contribution in [3.8, 4) is 0 Å². The first-order valence-corrected chi connectivity index (χ1v) is 3.61. The Labute approximate surface area is 74.4 Å². The fraction of sp³-hybridized carbons (Fsp3) is 0.125. The molecule has 0 aromatic heterocycles. The highest BCUT2D eigenvalue weighted by molar-refractivity contribution is 5.72. The number of anilines is 1. The number of aliphatic carboxylic acids is 1. The van der Waals surface area contributed by atoms with E-state index in [2.05, 4.69) is 10.5 Å².